The van der Waals surface area contributed by atoms with Crippen LogP contribution in [0.5, 0.6) is 11.5 Å². The predicted octanol–water partition coefficient (Wildman–Crippen LogP) is 9.33. The molecule has 4 saturated heterocycles. The molecule has 0 unspecified atom stereocenters. The molecule has 10 heterocycles. The number of carbonyl (C=O) groups excluding carboxylic acids is 2. The van der Waals surface area contributed by atoms with Gasteiger partial charge in [-0.3, -0.25) is 9.59 Å². The minimum atomic E-state index is -0.479. The number of likely N-dealkylation sites (tertiary alicyclic amines) is 4. The highest BCUT2D eigenvalue weighted by Crippen LogP contribution is 2.45. The van der Waals surface area contributed by atoms with Gasteiger partial charge in [0, 0.05) is 119 Å². The van der Waals surface area contributed by atoms with Crippen LogP contribution in [0.3, 0.4) is 0 Å². The summed E-state index contributed by atoms with van der Waals surface area (Å²) in [6.07, 6.45) is 19.7. The Balaban J connectivity index is 0.000000146. The maximum Gasteiger partial charge on any atom is 0.263 e. The molecule has 6 aliphatic rings. The minimum absolute atomic E-state index is 0.104. The average Bonchev–Trinajstić information content (AvgIpc) is 4.21. The Morgan fingerprint density at radius 3 is 1.35 bits per heavy atom. The lowest BCUT2D eigenvalue weighted by atomic mass is 9.98. The molecule has 12 rings (SSSR count). The van der Waals surface area contributed by atoms with E-state index in [2.05, 4.69) is 29.7 Å². The van der Waals surface area contributed by atoms with Crippen LogP contribution in [-0.4, -0.2) is 128 Å². The normalized spacial score (nSPS) is 21.8. The van der Waals surface area contributed by atoms with Crippen molar-refractivity contribution in [2.24, 2.45) is 0 Å². The van der Waals surface area contributed by atoms with E-state index >= 15 is 0 Å². The van der Waals surface area contributed by atoms with Gasteiger partial charge in [-0.1, -0.05) is 36.0 Å². The number of H-pyrrole nitrogens is 2. The molecule has 344 valence electrons. The lowest BCUT2D eigenvalue weighted by molar-refractivity contribution is -0.140. The summed E-state index contributed by atoms with van der Waals surface area (Å²) in [5.74, 6) is 1.75. The van der Waals surface area contributed by atoms with E-state index in [1.165, 1.54) is 64.7 Å². The highest BCUT2D eigenvalue weighted by molar-refractivity contribution is 6.31. The number of rotatable bonds is 6. The topological polar surface area (TPSA) is 123 Å². The van der Waals surface area contributed by atoms with Crippen LogP contribution in [0.2, 0.25) is 10.0 Å². The van der Waals surface area contributed by atoms with E-state index in [0.29, 0.717) is 35.0 Å². The maximum absolute atomic E-state index is 13.4. The van der Waals surface area contributed by atoms with Crippen molar-refractivity contribution in [2.75, 3.05) is 52.4 Å². The Hall–Kier alpha value is -5.14. The Labute approximate surface area is 395 Å². The molecule has 4 aromatic heterocycles. The Kier molecular flexibility index (Phi) is 12.4. The summed E-state index contributed by atoms with van der Waals surface area (Å²) in [6, 6.07) is 17.0. The standard InChI is InChI=1S/2C26H29ClN4O2/c2*27-18-14-17-15-23(26(32)31-12-6-19(7-13-31)30-10-2-1-3-11-30)33-24(17)22(16-18)20-4-8-28-25-21(20)5-9-29-25/h2*4-5,8-9,14,16,19,23H,1-3,6-7,10-13,15H2,(H,28,29)/t2*23-/m10/s1. The molecule has 2 amide bonds. The SMILES string of the molecule is O=C([C@@H]1Cc2cc(Cl)cc(-c3ccnc4[nH]ccc34)c2O1)N1CCC(N2CCCCC2)CC1.O=C([C@H]1Cc2cc(Cl)cc(-c3ccnc4[nH]ccc34)c2O1)N1CCC(N2CCCCC2)CC1. The number of aromatic nitrogens is 4. The Morgan fingerprint density at radius 2 is 0.939 bits per heavy atom. The van der Waals surface area contributed by atoms with E-state index in [1.54, 1.807) is 12.4 Å². The lowest BCUT2D eigenvalue weighted by Crippen LogP contribution is -2.50. The molecule has 0 radical (unpaired) electrons. The molecule has 14 heteroatoms. The van der Waals surface area contributed by atoms with Gasteiger partial charge in [0.25, 0.3) is 11.8 Å². The van der Waals surface area contributed by atoms with Crippen molar-refractivity contribution in [3.8, 4) is 33.8 Å². The van der Waals surface area contributed by atoms with Gasteiger partial charge in [0.05, 0.1) is 0 Å². The second kappa shape index (κ2) is 18.9. The molecule has 12 nitrogen and oxygen atoms in total. The highest BCUT2D eigenvalue weighted by atomic mass is 35.5. The van der Waals surface area contributed by atoms with Crippen LogP contribution in [0.15, 0.2) is 73.3 Å². The summed E-state index contributed by atoms with van der Waals surface area (Å²) >= 11 is 13.0. The second-order valence-electron chi connectivity index (χ2n) is 19.0. The summed E-state index contributed by atoms with van der Waals surface area (Å²) in [6.45, 7) is 8.13. The average molecular weight is 930 g/mol. The van der Waals surface area contributed by atoms with Crippen molar-refractivity contribution in [2.45, 2.75) is 101 Å². The Bertz CT molecular complexity index is 2540. The smallest absolute Gasteiger partial charge is 0.263 e. The van der Waals surface area contributed by atoms with Gasteiger partial charge in [-0.05, 0) is 137 Å². The number of aromatic amines is 2. The number of carbonyl (C=O) groups is 2. The number of nitrogens with one attached hydrogen (secondary N) is 2. The molecule has 2 N–H and O–H groups in total. The van der Waals surface area contributed by atoms with Gasteiger partial charge in [-0.2, -0.15) is 0 Å². The van der Waals surface area contributed by atoms with Gasteiger partial charge in [0.1, 0.15) is 22.8 Å². The number of hydrogen-bond acceptors (Lipinski definition) is 8. The fourth-order valence-corrected chi connectivity index (χ4v) is 12.1. The molecule has 4 fully saturated rings. The van der Waals surface area contributed by atoms with Crippen LogP contribution >= 0.6 is 23.2 Å². The zero-order valence-corrected chi connectivity index (χ0v) is 39.0. The van der Waals surface area contributed by atoms with E-state index in [1.807, 2.05) is 70.7 Å². The number of piperidine rings is 4. The number of ether oxygens (including phenoxy) is 2. The van der Waals surface area contributed by atoms with Crippen molar-refractivity contribution in [3.05, 3.63) is 94.5 Å². The maximum atomic E-state index is 13.4. The minimum Gasteiger partial charge on any atom is -0.479 e. The molecule has 6 aliphatic heterocycles. The number of hydrogen-bond donors (Lipinski definition) is 2. The number of fused-ring (bicyclic) bond motifs is 4. The second-order valence-corrected chi connectivity index (χ2v) is 19.9. The number of amides is 2. The summed E-state index contributed by atoms with van der Waals surface area (Å²) in [5, 5.41) is 3.34. The summed E-state index contributed by atoms with van der Waals surface area (Å²) in [7, 11) is 0. The summed E-state index contributed by atoms with van der Waals surface area (Å²) < 4.78 is 12.7. The third kappa shape index (κ3) is 8.66. The first-order valence-electron chi connectivity index (χ1n) is 24.2. The lowest BCUT2D eigenvalue weighted by Gasteiger charge is -2.40. The molecule has 6 aromatic rings. The van der Waals surface area contributed by atoms with Crippen molar-refractivity contribution in [1.82, 2.24) is 39.5 Å². The van der Waals surface area contributed by atoms with Gasteiger partial charge in [-0.15, -0.1) is 0 Å². The number of nitrogens with zero attached hydrogens (tertiary/aromatic N) is 6. The van der Waals surface area contributed by atoms with Crippen molar-refractivity contribution >= 4 is 57.1 Å². The summed E-state index contributed by atoms with van der Waals surface area (Å²) in [5.41, 5.74) is 7.50. The van der Waals surface area contributed by atoms with E-state index in [4.69, 9.17) is 32.7 Å². The number of pyridine rings is 2. The first kappa shape index (κ1) is 43.4. The van der Waals surface area contributed by atoms with E-state index in [0.717, 1.165) is 119 Å². The van der Waals surface area contributed by atoms with Crippen LogP contribution in [0.4, 0.5) is 0 Å². The first-order chi connectivity index (χ1) is 32.3. The van der Waals surface area contributed by atoms with Gasteiger partial charge >= 0.3 is 0 Å². The molecular weight excluding hydrogens is 872 g/mol. The quantitative estimate of drug-likeness (QED) is 0.170. The fourth-order valence-electron chi connectivity index (χ4n) is 11.6. The van der Waals surface area contributed by atoms with Crippen molar-refractivity contribution in [1.29, 1.82) is 0 Å². The van der Waals surface area contributed by atoms with Crippen LogP contribution in [-0.2, 0) is 22.4 Å². The van der Waals surface area contributed by atoms with E-state index < -0.39 is 12.2 Å². The Morgan fingerprint density at radius 1 is 0.530 bits per heavy atom. The predicted molar refractivity (Wildman–Crippen MR) is 259 cm³/mol. The van der Waals surface area contributed by atoms with Crippen molar-refractivity contribution in [3.63, 3.8) is 0 Å². The molecule has 0 saturated carbocycles. The molecule has 66 heavy (non-hydrogen) atoms. The van der Waals surface area contributed by atoms with Gasteiger partial charge in [-0.25, -0.2) is 9.97 Å². The molecule has 0 aliphatic carbocycles. The third-order valence-electron chi connectivity index (χ3n) is 15.0. The van der Waals surface area contributed by atoms with Gasteiger partial charge in [0.2, 0.25) is 0 Å². The number of benzene rings is 2. The molecule has 2 aromatic carbocycles. The largest absolute Gasteiger partial charge is 0.479 e. The first-order valence-corrected chi connectivity index (χ1v) is 25.0. The van der Waals surface area contributed by atoms with Crippen LogP contribution in [0.1, 0.15) is 75.3 Å². The van der Waals surface area contributed by atoms with Crippen LogP contribution < -0.4 is 9.47 Å². The molecule has 0 spiro atoms. The number of halogens is 2. The summed E-state index contributed by atoms with van der Waals surface area (Å²) in [4.78, 5) is 51.2. The molecule has 0 bridgehead atoms. The monoisotopic (exact) mass is 928 g/mol. The zero-order valence-electron chi connectivity index (χ0n) is 37.5. The van der Waals surface area contributed by atoms with E-state index in [9.17, 15) is 9.59 Å². The van der Waals surface area contributed by atoms with Crippen molar-refractivity contribution < 1.29 is 19.1 Å². The molecular formula is C52H58Cl2N8O4. The van der Waals surface area contributed by atoms with Gasteiger partial charge < -0.3 is 39.0 Å². The van der Waals surface area contributed by atoms with Crippen LogP contribution in [0, 0.1) is 0 Å². The third-order valence-corrected chi connectivity index (χ3v) is 15.4. The highest BCUT2D eigenvalue weighted by Gasteiger charge is 2.39. The van der Waals surface area contributed by atoms with Gasteiger partial charge in [0.15, 0.2) is 12.2 Å². The van der Waals surface area contributed by atoms with E-state index in [-0.39, 0.29) is 11.8 Å². The molecule has 2 atom stereocenters. The van der Waals surface area contributed by atoms with Crippen LogP contribution in [0.25, 0.3) is 44.3 Å². The zero-order chi connectivity index (χ0) is 44.7. The fraction of sp³-hybridized carbons (Fsp3) is 0.462.